The molecule has 0 radical (unpaired) electrons. The quantitative estimate of drug-likeness (QED) is 0.245. The zero-order valence-corrected chi connectivity index (χ0v) is 22.1. The first kappa shape index (κ1) is 24.8. The molecule has 2 aromatic heterocycles. The van der Waals surface area contributed by atoms with Gasteiger partial charge in [0.15, 0.2) is 5.76 Å². The van der Waals surface area contributed by atoms with Crippen LogP contribution in [0.5, 0.6) is 5.75 Å². The number of aryl methyl sites for hydroxylation is 1. The number of ether oxygens (including phenoxy) is 1. The van der Waals surface area contributed by atoms with E-state index in [1.807, 2.05) is 54.9 Å². The summed E-state index contributed by atoms with van der Waals surface area (Å²) in [5.41, 5.74) is 5.04. The molecule has 1 amide bonds. The second-order valence-electron chi connectivity index (χ2n) is 8.73. The van der Waals surface area contributed by atoms with E-state index in [0.29, 0.717) is 23.9 Å². The molecule has 0 aliphatic carbocycles. The lowest BCUT2D eigenvalue weighted by atomic mass is 9.99. The van der Waals surface area contributed by atoms with Gasteiger partial charge in [-0.2, -0.15) is 5.10 Å². The second-order valence-corrected chi connectivity index (χ2v) is 9.52. The molecule has 0 saturated heterocycles. The lowest BCUT2D eigenvalue weighted by Gasteiger charge is -2.10. The van der Waals surface area contributed by atoms with Crippen molar-refractivity contribution in [1.29, 1.82) is 0 Å². The number of furan rings is 1. The number of carbonyl (C=O) groups is 1. The van der Waals surface area contributed by atoms with Crippen LogP contribution in [0, 0.1) is 13.8 Å². The van der Waals surface area contributed by atoms with Crippen molar-refractivity contribution in [2.75, 3.05) is 5.32 Å². The summed E-state index contributed by atoms with van der Waals surface area (Å²) in [6.07, 6.45) is 1.10. The predicted octanol–water partition coefficient (Wildman–Crippen LogP) is 7.25. The lowest BCUT2D eigenvalue weighted by Crippen LogP contribution is -2.11. The zero-order valence-electron chi connectivity index (χ0n) is 20.5. The summed E-state index contributed by atoms with van der Waals surface area (Å²) >= 11 is 3.56. The Bertz CT molecular complexity index is 1310. The van der Waals surface area contributed by atoms with E-state index in [2.05, 4.69) is 52.3 Å². The molecule has 7 heteroatoms. The topological polar surface area (TPSA) is 69.3 Å². The van der Waals surface area contributed by atoms with Gasteiger partial charge in [0.05, 0.1) is 22.4 Å². The van der Waals surface area contributed by atoms with Crippen molar-refractivity contribution in [2.45, 2.75) is 53.2 Å². The van der Waals surface area contributed by atoms with E-state index in [4.69, 9.17) is 9.15 Å². The standard InChI is InChI=1S/C28H30BrN3O3/c1-5-18(2)22-9-11-24(12-10-22)34-17-25-13-14-26(35-25)28(33)30-23-8-6-7-21(15-23)16-32-20(4)27(29)19(3)31-32/h6-15,18H,5,16-17H2,1-4H3,(H,30,33). The molecule has 182 valence electrons. The Morgan fingerprint density at radius 2 is 1.91 bits per heavy atom. The van der Waals surface area contributed by atoms with Gasteiger partial charge in [-0.05, 0) is 89.6 Å². The van der Waals surface area contributed by atoms with Crippen LogP contribution >= 0.6 is 15.9 Å². The Kier molecular flexibility index (Phi) is 7.76. The van der Waals surface area contributed by atoms with Gasteiger partial charge in [0.25, 0.3) is 5.91 Å². The number of nitrogens with zero attached hydrogens (tertiary/aromatic N) is 2. The first-order valence-electron chi connectivity index (χ1n) is 11.7. The molecule has 1 unspecified atom stereocenters. The van der Waals surface area contributed by atoms with Gasteiger partial charge in [0.2, 0.25) is 0 Å². The van der Waals surface area contributed by atoms with Crippen LogP contribution in [0.3, 0.4) is 0 Å². The second kappa shape index (κ2) is 11.0. The first-order chi connectivity index (χ1) is 16.8. The van der Waals surface area contributed by atoms with Gasteiger partial charge < -0.3 is 14.5 Å². The van der Waals surface area contributed by atoms with Crippen LogP contribution in [0.25, 0.3) is 0 Å². The van der Waals surface area contributed by atoms with Crippen molar-refractivity contribution in [3.05, 3.63) is 99.2 Å². The molecule has 1 atom stereocenters. The van der Waals surface area contributed by atoms with Gasteiger partial charge in [-0.25, -0.2) is 0 Å². The summed E-state index contributed by atoms with van der Waals surface area (Å²) in [6.45, 7) is 9.25. The van der Waals surface area contributed by atoms with E-state index in [1.165, 1.54) is 5.56 Å². The van der Waals surface area contributed by atoms with E-state index in [0.717, 1.165) is 33.6 Å². The fourth-order valence-corrected chi connectivity index (χ4v) is 4.09. The third-order valence-electron chi connectivity index (χ3n) is 6.14. The smallest absolute Gasteiger partial charge is 0.291 e. The van der Waals surface area contributed by atoms with Crippen molar-refractivity contribution >= 4 is 27.5 Å². The van der Waals surface area contributed by atoms with Crippen LogP contribution in [0.15, 0.2) is 69.6 Å². The van der Waals surface area contributed by atoms with Crippen LogP contribution in [0.4, 0.5) is 5.69 Å². The Hall–Kier alpha value is -3.32. The number of nitrogens with one attached hydrogen (secondary N) is 1. The Morgan fingerprint density at radius 3 is 2.60 bits per heavy atom. The van der Waals surface area contributed by atoms with E-state index >= 15 is 0 Å². The van der Waals surface area contributed by atoms with Crippen LogP contribution in [0.1, 0.15) is 65.0 Å². The molecule has 0 fully saturated rings. The molecule has 0 bridgehead atoms. The Labute approximate surface area is 214 Å². The zero-order chi connectivity index (χ0) is 24.9. The summed E-state index contributed by atoms with van der Waals surface area (Å²) in [5, 5.41) is 7.47. The molecule has 0 aliphatic rings. The SMILES string of the molecule is CCC(C)c1ccc(OCc2ccc(C(=O)Nc3cccc(Cn4nc(C)c(Br)c4C)c3)o2)cc1. The molecule has 1 N–H and O–H groups in total. The summed E-state index contributed by atoms with van der Waals surface area (Å²) in [7, 11) is 0. The van der Waals surface area contributed by atoms with E-state index in [9.17, 15) is 4.79 Å². The van der Waals surface area contributed by atoms with Crippen molar-refractivity contribution in [1.82, 2.24) is 9.78 Å². The summed E-state index contributed by atoms with van der Waals surface area (Å²) in [4.78, 5) is 12.7. The fraction of sp³-hybridized carbons (Fsp3) is 0.286. The molecule has 4 aromatic rings. The number of halogens is 1. The number of rotatable bonds is 9. The lowest BCUT2D eigenvalue weighted by molar-refractivity contribution is 0.0992. The fourth-order valence-electron chi connectivity index (χ4n) is 3.80. The summed E-state index contributed by atoms with van der Waals surface area (Å²) in [5.74, 6) is 1.82. The highest BCUT2D eigenvalue weighted by Gasteiger charge is 2.13. The molecule has 0 spiro atoms. The van der Waals surface area contributed by atoms with Crippen molar-refractivity contribution in [2.24, 2.45) is 0 Å². The normalized spacial score (nSPS) is 11.9. The van der Waals surface area contributed by atoms with Gasteiger partial charge in [-0.3, -0.25) is 9.48 Å². The van der Waals surface area contributed by atoms with Crippen molar-refractivity contribution < 1.29 is 13.9 Å². The molecule has 2 heterocycles. The summed E-state index contributed by atoms with van der Waals surface area (Å²) < 4.78 is 14.5. The van der Waals surface area contributed by atoms with Crippen LogP contribution < -0.4 is 10.1 Å². The maximum Gasteiger partial charge on any atom is 0.291 e. The average Bonchev–Trinajstić information content (AvgIpc) is 3.44. The van der Waals surface area contributed by atoms with E-state index in [-0.39, 0.29) is 18.3 Å². The van der Waals surface area contributed by atoms with Crippen LogP contribution in [-0.4, -0.2) is 15.7 Å². The highest BCUT2D eigenvalue weighted by atomic mass is 79.9. The molecular weight excluding hydrogens is 506 g/mol. The van der Waals surface area contributed by atoms with Gasteiger partial charge in [-0.1, -0.05) is 38.1 Å². The third-order valence-corrected chi connectivity index (χ3v) is 7.29. The molecule has 6 nitrogen and oxygen atoms in total. The maximum absolute atomic E-state index is 12.7. The third kappa shape index (κ3) is 6.03. The number of anilines is 1. The predicted molar refractivity (Wildman–Crippen MR) is 141 cm³/mol. The van der Waals surface area contributed by atoms with Gasteiger partial charge in [0, 0.05) is 5.69 Å². The number of hydrogen-bond acceptors (Lipinski definition) is 4. The number of carbonyl (C=O) groups excluding carboxylic acids is 1. The highest BCUT2D eigenvalue weighted by molar-refractivity contribution is 9.10. The van der Waals surface area contributed by atoms with E-state index < -0.39 is 0 Å². The Balaban J connectivity index is 1.35. The summed E-state index contributed by atoms with van der Waals surface area (Å²) in [6, 6.07) is 19.3. The largest absolute Gasteiger partial charge is 0.486 e. The first-order valence-corrected chi connectivity index (χ1v) is 12.5. The number of hydrogen-bond donors (Lipinski definition) is 1. The van der Waals surface area contributed by atoms with Crippen molar-refractivity contribution in [3.8, 4) is 5.75 Å². The van der Waals surface area contributed by atoms with Crippen LogP contribution in [-0.2, 0) is 13.2 Å². The monoisotopic (exact) mass is 535 g/mol. The number of aromatic nitrogens is 2. The van der Waals surface area contributed by atoms with Crippen molar-refractivity contribution in [3.63, 3.8) is 0 Å². The molecule has 4 rings (SSSR count). The van der Waals surface area contributed by atoms with Gasteiger partial charge >= 0.3 is 0 Å². The Morgan fingerprint density at radius 1 is 1.14 bits per heavy atom. The van der Waals surface area contributed by atoms with Gasteiger partial charge in [-0.15, -0.1) is 0 Å². The maximum atomic E-state index is 12.7. The molecule has 0 saturated carbocycles. The van der Waals surface area contributed by atoms with Gasteiger partial charge in [0.1, 0.15) is 18.1 Å². The van der Waals surface area contributed by atoms with Crippen LogP contribution in [0.2, 0.25) is 0 Å². The number of amides is 1. The molecule has 2 aromatic carbocycles. The average molecular weight is 536 g/mol. The minimum Gasteiger partial charge on any atom is -0.486 e. The molecule has 0 aliphatic heterocycles. The highest BCUT2D eigenvalue weighted by Crippen LogP contribution is 2.23. The molecular formula is C28H30BrN3O3. The number of benzene rings is 2. The molecule has 35 heavy (non-hydrogen) atoms. The minimum atomic E-state index is -0.305. The van der Waals surface area contributed by atoms with E-state index in [1.54, 1.807) is 12.1 Å². The minimum absolute atomic E-state index is 0.239.